The molecule has 1 saturated heterocycles. The van der Waals surface area contributed by atoms with E-state index in [0.717, 1.165) is 64.1 Å². The molecule has 0 aliphatic carbocycles. The number of nitrogens with zero attached hydrogens (tertiary/aromatic N) is 4. The number of amides is 1. The lowest BCUT2D eigenvalue weighted by atomic mass is 10.1. The number of aryl methyl sites for hydroxylation is 1. The van der Waals surface area contributed by atoms with Crippen molar-refractivity contribution >= 4 is 5.91 Å². The lowest BCUT2D eigenvalue weighted by Crippen LogP contribution is -2.39. The molecule has 0 saturated carbocycles. The topological polar surface area (TPSA) is 63.1 Å². The summed E-state index contributed by atoms with van der Waals surface area (Å²) in [6.45, 7) is 3.73. The summed E-state index contributed by atoms with van der Waals surface area (Å²) in [6.07, 6.45) is 6.57. The Balaban J connectivity index is 1.36. The van der Waals surface area contributed by atoms with Gasteiger partial charge >= 0.3 is 0 Å². The van der Waals surface area contributed by atoms with E-state index in [0.29, 0.717) is 11.9 Å². The highest BCUT2D eigenvalue weighted by Crippen LogP contribution is 2.12. The quantitative estimate of drug-likeness (QED) is 0.771. The third kappa shape index (κ3) is 2.94. The van der Waals surface area contributed by atoms with E-state index in [-0.39, 0.29) is 0 Å². The van der Waals surface area contributed by atoms with E-state index in [2.05, 4.69) is 15.4 Å². The normalized spacial score (nSPS) is 22.8. The van der Waals surface area contributed by atoms with Crippen molar-refractivity contribution in [2.24, 2.45) is 0 Å². The molecule has 1 aromatic heterocycles. The second-order valence-electron chi connectivity index (χ2n) is 5.39. The summed E-state index contributed by atoms with van der Waals surface area (Å²) < 4.78 is 1.99. The first-order chi connectivity index (χ1) is 9.33. The van der Waals surface area contributed by atoms with E-state index in [1.165, 1.54) is 0 Å². The zero-order valence-electron chi connectivity index (χ0n) is 11.2. The molecule has 104 valence electrons. The number of rotatable bonds is 5. The fourth-order valence-electron chi connectivity index (χ4n) is 2.92. The van der Waals surface area contributed by atoms with Gasteiger partial charge in [-0.25, -0.2) is 9.67 Å². The van der Waals surface area contributed by atoms with Crippen LogP contribution < -0.4 is 5.32 Å². The van der Waals surface area contributed by atoms with E-state index >= 15 is 0 Å². The first-order valence-electron chi connectivity index (χ1n) is 7.21. The van der Waals surface area contributed by atoms with Gasteiger partial charge in [-0.1, -0.05) is 0 Å². The van der Waals surface area contributed by atoms with E-state index in [4.69, 9.17) is 0 Å². The van der Waals surface area contributed by atoms with Crippen LogP contribution in [0.5, 0.6) is 0 Å². The molecule has 2 aliphatic heterocycles. The van der Waals surface area contributed by atoms with Crippen LogP contribution in [-0.2, 0) is 17.8 Å². The molecular formula is C13H21N5O. The molecule has 1 amide bonds. The minimum Gasteiger partial charge on any atom is -0.343 e. The SMILES string of the molecule is O=C1CCCN1CCCN[C@@H]1CCc2ncnn2C1. The number of nitrogens with one attached hydrogen (secondary N) is 1. The number of carbonyl (C=O) groups excluding carboxylic acids is 1. The Kier molecular flexibility index (Phi) is 3.77. The number of likely N-dealkylation sites (tertiary alicyclic amines) is 1. The monoisotopic (exact) mass is 263 g/mol. The number of aromatic nitrogens is 3. The van der Waals surface area contributed by atoms with Gasteiger partial charge < -0.3 is 10.2 Å². The highest BCUT2D eigenvalue weighted by atomic mass is 16.2. The van der Waals surface area contributed by atoms with Crippen LogP contribution in [-0.4, -0.2) is 51.2 Å². The van der Waals surface area contributed by atoms with Crippen LogP contribution in [0.3, 0.4) is 0 Å². The number of carbonyl (C=O) groups is 1. The molecule has 1 fully saturated rings. The first kappa shape index (κ1) is 12.6. The summed E-state index contributed by atoms with van der Waals surface area (Å²) in [4.78, 5) is 17.7. The smallest absolute Gasteiger partial charge is 0.222 e. The maximum atomic E-state index is 11.5. The second kappa shape index (κ2) is 5.69. The summed E-state index contributed by atoms with van der Waals surface area (Å²) >= 11 is 0. The predicted molar refractivity (Wildman–Crippen MR) is 70.6 cm³/mol. The van der Waals surface area contributed by atoms with Crippen LogP contribution in [0.4, 0.5) is 0 Å². The average molecular weight is 263 g/mol. The Morgan fingerprint density at radius 1 is 1.42 bits per heavy atom. The van der Waals surface area contributed by atoms with Gasteiger partial charge in [0.1, 0.15) is 12.2 Å². The fourth-order valence-corrected chi connectivity index (χ4v) is 2.92. The lowest BCUT2D eigenvalue weighted by Gasteiger charge is -2.24. The summed E-state index contributed by atoms with van der Waals surface area (Å²) in [5.74, 6) is 1.42. The molecule has 19 heavy (non-hydrogen) atoms. The van der Waals surface area contributed by atoms with Crippen LogP contribution in [0.15, 0.2) is 6.33 Å². The second-order valence-corrected chi connectivity index (χ2v) is 5.39. The maximum Gasteiger partial charge on any atom is 0.222 e. The first-order valence-corrected chi connectivity index (χ1v) is 7.21. The Morgan fingerprint density at radius 2 is 2.37 bits per heavy atom. The van der Waals surface area contributed by atoms with Crippen molar-refractivity contribution in [2.75, 3.05) is 19.6 Å². The Hall–Kier alpha value is -1.43. The summed E-state index contributed by atoms with van der Waals surface area (Å²) in [5, 5.41) is 7.79. The van der Waals surface area contributed by atoms with E-state index in [9.17, 15) is 4.79 Å². The van der Waals surface area contributed by atoms with Crippen LogP contribution in [0, 0.1) is 0 Å². The van der Waals surface area contributed by atoms with Gasteiger partial charge in [-0.05, 0) is 25.8 Å². The van der Waals surface area contributed by atoms with Crippen molar-refractivity contribution in [1.82, 2.24) is 25.0 Å². The van der Waals surface area contributed by atoms with E-state index < -0.39 is 0 Å². The van der Waals surface area contributed by atoms with Gasteiger partial charge in [-0.2, -0.15) is 5.10 Å². The lowest BCUT2D eigenvalue weighted by molar-refractivity contribution is -0.127. The summed E-state index contributed by atoms with van der Waals surface area (Å²) in [6, 6.07) is 0.489. The van der Waals surface area contributed by atoms with E-state index in [1.807, 2.05) is 9.58 Å². The van der Waals surface area contributed by atoms with Gasteiger partial charge in [0.25, 0.3) is 0 Å². The maximum absolute atomic E-state index is 11.5. The van der Waals surface area contributed by atoms with Crippen LogP contribution in [0.2, 0.25) is 0 Å². The van der Waals surface area contributed by atoms with Gasteiger partial charge in [0, 0.05) is 32.0 Å². The van der Waals surface area contributed by atoms with Crippen molar-refractivity contribution in [2.45, 2.75) is 44.7 Å². The third-order valence-electron chi connectivity index (χ3n) is 4.01. The molecule has 1 atom stereocenters. The summed E-state index contributed by atoms with van der Waals surface area (Å²) in [7, 11) is 0. The van der Waals surface area contributed by atoms with Crippen molar-refractivity contribution in [1.29, 1.82) is 0 Å². The van der Waals surface area contributed by atoms with Crippen molar-refractivity contribution in [3.05, 3.63) is 12.2 Å². The van der Waals surface area contributed by atoms with Gasteiger partial charge in [0.05, 0.1) is 6.54 Å². The van der Waals surface area contributed by atoms with Gasteiger partial charge in [0.15, 0.2) is 0 Å². The minimum absolute atomic E-state index is 0.324. The van der Waals surface area contributed by atoms with Crippen molar-refractivity contribution in [3.8, 4) is 0 Å². The number of hydrogen-bond acceptors (Lipinski definition) is 4. The molecule has 6 nitrogen and oxygen atoms in total. The predicted octanol–water partition coefficient (Wildman–Crippen LogP) is 0.195. The molecule has 3 rings (SSSR count). The number of fused-ring (bicyclic) bond motifs is 1. The molecule has 1 N–H and O–H groups in total. The molecule has 0 unspecified atom stereocenters. The molecule has 3 heterocycles. The van der Waals surface area contributed by atoms with Crippen molar-refractivity contribution < 1.29 is 4.79 Å². The average Bonchev–Trinajstić information content (AvgIpc) is 3.03. The standard InChI is InChI=1S/C13H21N5O/c19-13-3-1-7-17(13)8-2-6-14-11-4-5-12-15-10-16-18(12)9-11/h10-11,14H,1-9H2/t11-/m1/s1. The third-order valence-corrected chi connectivity index (χ3v) is 4.01. The Labute approximate surface area is 113 Å². The molecule has 1 aromatic rings. The van der Waals surface area contributed by atoms with Gasteiger partial charge in [0.2, 0.25) is 5.91 Å². The van der Waals surface area contributed by atoms with Gasteiger partial charge in [-0.15, -0.1) is 0 Å². The zero-order chi connectivity index (χ0) is 13.1. The highest BCUT2D eigenvalue weighted by Gasteiger charge is 2.21. The largest absolute Gasteiger partial charge is 0.343 e. The molecule has 0 bridgehead atoms. The van der Waals surface area contributed by atoms with Crippen LogP contribution in [0.1, 0.15) is 31.5 Å². The highest BCUT2D eigenvalue weighted by molar-refractivity contribution is 5.77. The molecule has 0 aromatic carbocycles. The minimum atomic E-state index is 0.324. The van der Waals surface area contributed by atoms with Crippen LogP contribution >= 0.6 is 0 Å². The number of hydrogen-bond donors (Lipinski definition) is 1. The zero-order valence-corrected chi connectivity index (χ0v) is 11.2. The van der Waals surface area contributed by atoms with E-state index in [1.54, 1.807) is 6.33 Å². The Morgan fingerprint density at radius 3 is 3.21 bits per heavy atom. The molecule has 0 radical (unpaired) electrons. The van der Waals surface area contributed by atoms with Crippen molar-refractivity contribution in [3.63, 3.8) is 0 Å². The van der Waals surface area contributed by atoms with Crippen LogP contribution in [0.25, 0.3) is 0 Å². The van der Waals surface area contributed by atoms with Gasteiger partial charge in [-0.3, -0.25) is 4.79 Å². The molecule has 2 aliphatic rings. The molecule has 0 spiro atoms. The molecular weight excluding hydrogens is 242 g/mol. The molecule has 6 heteroatoms. The fraction of sp³-hybridized carbons (Fsp3) is 0.769. The summed E-state index contributed by atoms with van der Waals surface area (Å²) in [5.41, 5.74) is 0. The Bertz CT molecular complexity index is 444.